The summed E-state index contributed by atoms with van der Waals surface area (Å²) >= 11 is 7.51. The molecular weight excluding hydrogens is 344 g/mol. The summed E-state index contributed by atoms with van der Waals surface area (Å²) in [6.07, 6.45) is 2.61. The molecule has 1 aromatic heterocycles. The highest BCUT2D eigenvalue weighted by Gasteiger charge is 2.07. The summed E-state index contributed by atoms with van der Waals surface area (Å²) in [6.45, 7) is 3.08. The molecule has 0 aliphatic heterocycles. The van der Waals surface area contributed by atoms with Crippen LogP contribution in [0.25, 0.3) is 0 Å². The molecule has 1 amide bonds. The Bertz CT molecular complexity index is 667. The van der Waals surface area contributed by atoms with Gasteiger partial charge in [0.05, 0.1) is 12.4 Å². The lowest BCUT2D eigenvalue weighted by atomic mass is 10.2. The predicted molar refractivity (Wildman–Crippen MR) is 99.5 cm³/mol. The summed E-state index contributed by atoms with van der Waals surface area (Å²) in [5.41, 5.74) is 2.00. The molecule has 0 bridgehead atoms. The van der Waals surface area contributed by atoms with Gasteiger partial charge in [-0.25, -0.2) is 4.98 Å². The van der Waals surface area contributed by atoms with Crippen molar-refractivity contribution < 1.29 is 9.53 Å². The molecule has 0 atom stereocenters. The van der Waals surface area contributed by atoms with Crippen molar-refractivity contribution in [3.63, 3.8) is 0 Å². The van der Waals surface area contributed by atoms with Crippen molar-refractivity contribution in [1.82, 2.24) is 10.3 Å². The second kappa shape index (κ2) is 10.2. The topological polar surface area (TPSA) is 51.2 Å². The van der Waals surface area contributed by atoms with Crippen LogP contribution in [0.15, 0.2) is 42.6 Å². The number of carbonyl (C=O) groups excluding carboxylic acids is 1. The molecule has 1 heterocycles. The van der Waals surface area contributed by atoms with Gasteiger partial charge in [-0.15, -0.1) is 11.8 Å². The summed E-state index contributed by atoms with van der Waals surface area (Å²) in [5, 5.41) is 3.62. The van der Waals surface area contributed by atoms with Crippen LogP contribution in [-0.2, 0) is 17.1 Å². The van der Waals surface area contributed by atoms with Crippen LogP contribution in [0, 0.1) is 0 Å². The van der Waals surface area contributed by atoms with Crippen molar-refractivity contribution in [3.05, 3.63) is 58.7 Å². The number of aromatic nitrogens is 1. The molecule has 1 aromatic carbocycles. The molecule has 0 spiro atoms. The molecule has 0 aliphatic carbocycles. The van der Waals surface area contributed by atoms with Crippen molar-refractivity contribution >= 4 is 29.3 Å². The third-order valence-electron chi connectivity index (χ3n) is 3.16. The van der Waals surface area contributed by atoms with Crippen LogP contribution in [0.1, 0.15) is 24.5 Å². The Morgan fingerprint density at radius 3 is 3.00 bits per heavy atom. The minimum atomic E-state index is -0.00711. The summed E-state index contributed by atoms with van der Waals surface area (Å²) < 4.78 is 5.59. The Morgan fingerprint density at radius 2 is 2.21 bits per heavy atom. The molecule has 0 aliphatic rings. The molecule has 0 fully saturated rings. The van der Waals surface area contributed by atoms with Gasteiger partial charge in [0.25, 0.3) is 0 Å². The number of nitrogens with zero attached hydrogens (tertiary/aromatic N) is 1. The van der Waals surface area contributed by atoms with Crippen molar-refractivity contribution in [2.45, 2.75) is 25.6 Å². The van der Waals surface area contributed by atoms with E-state index in [1.165, 1.54) is 0 Å². The van der Waals surface area contributed by atoms with Gasteiger partial charge in [0.1, 0.15) is 0 Å². The van der Waals surface area contributed by atoms with E-state index in [0.717, 1.165) is 23.3 Å². The number of amides is 1. The number of hydrogen-bond donors (Lipinski definition) is 1. The van der Waals surface area contributed by atoms with E-state index in [2.05, 4.69) is 10.3 Å². The molecule has 0 saturated heterocycles. The number of rotatable bonds is 9. The molecule has 1 N–H and O–H groups in total. The SMILES string of the molecule is CCCOc1ncccc1CNC(=O)CSCc1cccc(Cl)c1. The van der Waals surface area contributed by atoms with Gasteiger partial charge in [-0.2, -0.15) is 0 Å². The van der Waals surface area contributed by atoms with Gasteiger partial charge >= 0.3 is 0 Å². The zero-order valence-corrected chi connectivity index (χ0v) is 15.2. The molecule has 6 heteroatoms. The Labute approximate surface area is 152 Å². The minimum Gasteiger partial charge on any atom is -0.477 e. The van der Waals surface area contributed by atoms with Crippen LogP contribution in [0.5, 0.6) is 5.88 Å². The highest BCUT2D eigenvalue weighted by Crippen LogP contribution is 2.17. The van der Waals surface area contributed by atoms with Crippen LogP contribution in [0.4, 0.5) is 0 Å². The van der Waals surface area contributed by atoms with Gasteiger partial charge in [0, 0.05) is 29.1 Å². The van der Waals surface area contributed by atoms with Gasteiger partial charge in [-0.3, -0.25) is 4.79 Å². The van der Waals surface area contributed by atoms with Crippen LogP contribution >= 0.6 is 23.4 Å². The summed E-state index contributed by atoms with van der Waals surface area (Å²) in [5.74, 6) is 1.74. The minimum absolute atomic E-state index is 0.00711. The monoisotopic (exact) mass is 364 g/mol. The van der Waals surface area contributed by atoms with Crippen molar-refractivity contribution in [3.8, 4) is 5.88 Å². The van der Waals surface area contributed by atoms with Gasteiger partial charge in [-0.05, 0) is 30.2 Å². The number of ether oxygens (including phenoxy) is 1. The average Bonchev–Trinajstić information content (AvgIpc) is 2.59. The fourth-order valence-corrected chi connectivity index (χ4v) is 3.04. The highest BCUT2D eigenvalue weighted by molar-refractivity contribution is 7.99. The van der Waals surface area contributed by atoms with Crippen LogP contribution in [-0.4, -0.2) is 23.3 Å². The maximum Gasteiger partial charge on any atom is 0.230 e. The fraction of sp³-hybridized carbons (Fsp3) is 0.333. The fourth-order valence-electron chi connectivity index (χ4n) is 2.02. The maximum absolute atomic E-state index is 12.0. The Kier molecular flexibility index (Phi) is 7.92. The Balaban J connectivity index is 1.75. The lowest BCUT2D eigenvalue weighted by Crippen LogP contribution is -2.25. The number of halogens is 1. The summed E-state index contributed by atoms with van der Waals surface area (Å²) in [7, 11) is 0. The maximum atomic E-state index is 12.0. The molecular formula is C18H21ClN2O2S. The second-order valence-corrected chi connectivity index (χ2v) is 6.64. The molecule has 0 radical (unpaired) electrons. The van der Waals surface area contributed by atoms with Crippen molar-refractivity contribution in [2.75, 3.05) is 12.4 Å². The molecule has 128 valence electrons. The number of carbonyl (C=O) groups is 1. The largest absolute Gasteiger partial charge is 0.477 e. The van der Waals surface area contributed by atoms with Gasteiger partial charge in [0.2, 0.25) is 11.8 Å². The predicted octanol–water partition coefficient (Wildman–Crippen LogP) is 4.07. The van der Waals surface area contributed by atoms with E-state index in [0.29, 0.717) is 29.8 Å². The normalized spacial score (nSPS) is 10.4. The van der Waals surface area contributed by atoms with Crippen molar-refractivity contribution in [1.29, 1.82) is 0 Å². The number of benzene rings is 1. The zero-order valence-electron chi connectivity index (χ0n) is 13.6. The van der Waals surface area contributed by atoms with Gasteiger partial charge in [-0.1, -0.05) is 36.7 Å². The smallest absolute Gasteiger partial charge is 0.230 e. The third kappa shape index (κ3) is 6.42. The van der Waals surface area contributed by atoms with Crippen molar-refractivity contribution in [2.24, 2.45) is 0 Å². The first kappa shape index (κ1) is 18.6. The first-order valence-corrected chi connectivity index (χ1v) is 9.38. The quantitative estimate of drug-likeness (QED) is 0.728. The summed E-state index contributed by atoms with van der Waals surface area (Å²) in [4.78, 5) is 16.2. The molecule has 4 nitrogen and oxygen atoms in total. The van der Waals surface area contributed by atoms with Crippen LogP contribution < -0.4 is 10.1 Å². The Morgan fingerprint density at radius 1 is 1.33 bits per heavy atom. The molecule has 0 unspecified atom stereocenters. The van der Waals surface area contributed by atoms with E-state index in [1.807, 2.05) is 43.3 Å². The lowest BCUT2D eigenvalue weighted by Gasteiger charge is -2.10. The van der Waals surface area contributed by atoms with Gasteiger partial charge < -0.3 is 10.1 Å². The molecule has 0 saturated carbocycles. The second-order valence-electron chi connectivity index (χ2n) is 5.22. The Hall–Kier alpha value is -1.72. The van der Waals surface area contributed by atoms with Gasteiger partial charge in [0.15, 0.2) is 0 Å². The summed E-state index contributed by atoms with van der Waals surface area (Å²) in [6, 6.07) is 11.4. The van der Waals surface area contributed by atoms with E-state index >= 15 is 0 Å². The average molecular weight is 365 g/mol. The number of nitrogens with one attached hydrogen (secondary N) is 1. The zero-order chi connectivity index (χ0) is 17.2. The highest BCUT2D eigenvalue weighted by atomic mass is 35.5. The molecule has 2 rings (SSSR count). The molecule has 24 heavy (non-hydrogen) atoms. The first-order valence-electron chi connectivity index (χ1n) is 7.84. The number of pyridine rings is 1. The van der Waals surface area contributed by atoms with Crippen LogP contribution in [0.3, 0.4) is 0 Å². The van der Waals surface area contributed by atoms with E-state index in [4.69, 9.17) is 16.3 Å². The van der Waals surface area contributed by atoms with E-state index in [1.54, 1.807) is 18.0 Å². The van der Waals surface area contributed by atoms with E-state index in [9.17, 15) is 4.79 Å². The first-order chi connectivity index (χ1) is 11.7. The molecule has 2 aromatic rings. The van der Waals surface area contributed by atoms with Crippen LogP contribution in [0.2, 0.25) is 5.02 Å². The van der Waals surface area contributed by atoms with E-state index in [-0.39, 0.29) is 5.91 Å². The lowest BCUT2D eigenvalue weighted by molar-refractivity contribution is -0.118. The van der Waals surface area contributed by atoms with E-state index < -0.39 is 0 Å². The third-order valence-corrected chi connectivity index (χ3v) is 4.40. The number of hydrogen-bond acceptors (Lipinski definition) is 4. The standard InChI is InChI=1S/C18H21ClN2O2S/c1-2-9-23-18-15(6-4-8-20-18)11-21-17(22)13-24-12-14-5-3-7-16(19)10-14/h3-8,10H,2,9,11-13H2,1H3,(H,21,22). The number of thioether (sulfide) groups is 1.